The van der Waals surface area contributed by atoms with Gasteiger partial charge in [-0.25, -0.2) is 4.39 Å². The molecule has 1 amide bonds. The molecule has 2 atom stereocenters. The summed E-state index contributed by atoms with van der Waals surface area (Å²) in [6, 6.07) is 16.9. The summed E-state index contributed by atoms with van der Waals surface area (Å²) in [4.78, 5) is 16.5. The summed E-state index contributed by atoms with van der Waals surface area (Å²) in [5.74, 6) is -0.0918. The maximum atomic E-state index is 13.1. The van der Waals surface area contributed by atoms with Crippen molar-refractivity contribution >= 4 is 11.6 Å². The Balaban J connectivity index is 1.55. The van der Waals surface area contributed by atoms with Crippen molar-refractivity contribution in [3.8, 4) is 0 Å². The molecule has 0 bridgehead atoms. The van der Waals surface area contributed by atoms with E-state index in [0.29, 0.717) is 0 Å². The van der Waals surface area contributed by atoms with E-state index < -0.39 is 0 Å². The van der Waals surface area contributed by atoms with Crippen LogP contribution in [0.3, 0.4) is 0 Å². The van der Waals surface area contributed by atoms with E-state index in [2.05, 4.69) is 29.3 Å². The SMILES string of the molecule is CCC[C@H](NC(=O)[C@@H](C)[NH+]1CCN(c2ccc(F)cc2)CC1)c1ccccc1. The lowest BCUT2D eigenvalue weighted by Crippen LogP contribution is -3.19. The predicted molar refractivity (Wildman–Crippen MR) is 111 cm³/mol. The summed E-state index contributed by atoms with van der Waals surface area (Å²) in [5, 5.41) is 3.27. The zero-order valence-corrected chi connectivity index (χ0v) is 16.8. The van der Waals surface area contributed by atoms with Crippen LogP contribution in [-0.2, 0) is 4.79 Å². The maximum absolute atomic E-state index is 13.1. The van der Waals surface area contributed by atoms with Crippen LogP contribution in [0.1, 0.15) is 38.3 Å². The number of carbonyl (C=O) groups excluding carboxylic acids is 1. The summed E-state index contributed by atoms with van der Waals surface area (Å²) in [7, 11) is 0. The van der Waals surface area contributed by atoms with Crippen LogP contribution in [0.5, 0.6) is 0 Å². The Kier molecular flexibility index (Phi) is 7.04. The minimum absolute atomic E-state index is 0.0704. The van der Waals surface area contributed by atoms with Crippen molar-refractivity contribution in [3.63, 3.8) is 0 Å². The Morgan fingerprint density at radius 1 is 1.11 bits per heavy atom. The van der Waals surface area contributed by atoms with Gasteiger partial charge < -0.3 is 15.1 Å². The molecule has 0 aromatic heterocycles. The van der Waals surface area contributed by atoms with Crippen molar-refractivity contribution in [2.75, 3.05) is 31.1 Å². The lowest BCUT2D eigenvalue weighted by molar-refractivity contribution is -0.914. The van der Waals surface area contributed by atoms with Crippen molar-refractivity contribution in [1.82, 2.24) is 5.32 Å². The number of anilines is 1. The van der Waals surface area contributed by atoms with Gasteiger partial charge in [0.05, 0.1) is 32.2 Å². The van der Waals surface area contributed by atoms with Gasteiger partial charge in [0.15, 0.2) is 6.04 Å². The molecule has 1 aliphatic rings. The Bertz CT molecular complexity index is 742. The second-order valence-corrected chi connectivity index (χ2v) is 7.60. The Morgan fingerprint density at radius 3 is 2.36 bits per heavy atom. The summed E-state index contributed by atoms with van der Waals surface area (Å²) in [6.07, 6.45) is 1.97. The molecular weight excluding hydrogens is 353 g/mol. The average molecular weight is 385 g/mol. The zero-order valence-electron chi connectivity index (χ0n) is 16.8. The third kappa shape index (κ3) is 5.10. The molecule has 2 aromatic carbocycles. The Hall–Kier alpha value is -2.40. The van der Waals surface area contributed by atoms with Gasteiger partial charge in [-0.1, -0.05) is 43.7 Å². The molecule has 4 nitrogen and oxygen atoms in total. The van der Waals surface area contributed by atoms with E-state index in [1.807, 2.05) is 37.3 Å². The van der Waals surface area contributed by atoms with E-state index in [-0.39, 0.29) is 23.8 Å². The van der Waals surface area contributed by atoms with Crippen LogP contribution in [-0.4, -0.2) is 38.1 Å². The predicted octanol–water partition coefficient (Wildman–Crippen LogP) is 2.58. The first-order valence-corrected chi connectivity index (χ1v) is 10.3. The number of quaternary nitrogens is 1. The number of nitrogens with zero attached hydrogens (tertiary/aromatic N) is 1. The molecule has 28 heavy (non-hydrogen) atoms. The number of nitrogens with one attached hydrogen (secondary N) is 2. The first kappa shape index (κ1) is 20.3. The van der Waals surface area contributed by atoms with E-state index in [9.17, 15) is 9.18 Å². The molecule has 1 aliphatic heterocycles. The van der Waals surface area contributed by atoms with Gasteiger partial charge in [-0.15, -0.1) is 0 Å². The fourth-order valence-electron chi connectivity index (χ4n) is 3.92. The fourth-order valence-corrected chi connectivity index (χ4v) is 3.92. The number of carbonyl (C=O) groups is 1. The topological polar surface area (TPSA) is 36.8 Å². The van der Waals surface area contributed by atoms with Crippen LogP contribution >= 0.6 is 0 Å². The van der Waals surface area contributed by atoms with Crippen molar-refractivity contribution in [2.24, 2.45) is 0 Å². The maximum Gasteiger partial charge on any atom is 0.278 e. The first-order valence-electron chi connectivity index (χ1n) is 10.3. The number of halogens is 1. The van der Waals surface area contributed by atoms with Crippen molar-refractivity contribution in [2.45, 2.75) is 38.8 Å². The largest absolute Gasteiger partial charge is 0.360 e. The van der Waals surface area contributed by atoms with E-state index in [4.69, 9.17) is 0 Å². The van der Waals surface area contributed by atoms with Crippen LogP contribution < -0.4 is 15.1 Å². The Morgan fingerprint density at radius 2 is 1.75 bits per heavy atom. The monoisotopic (exact) mass is 384 g/mol. The van der Waals surface area contributed by atoms with Gasteiger partial charge in [0.2, 0.25) is 0 Å². The molecule has 150 valence electrons. The normalized spacial score (nSPS) is 17.2. The minimum Gasteiger partial charge on any atom is -0.360 e. The number of rotatable bonds is 7. The third-order valence-corrected chi connectivity index (χ3v) is 5.70. The molecule has 0 radical (unpaired) electrons. The van der Waals surface area contributed by atoms with Gasteiger partial charge in [-0.2, -0.15) is 0 Å². The highest BCUT2D eigenvalue weighted by molar-refractivity contribution is 5.80. The van der Waals surface area contributed by atoms with E-state index in [1.165, 1.54) is 22.6 Å². The highest BCUT2D eigenvalue weighted by Gasteiger charge is 2.30. The zero-order chi connectivity index (χ0) is 19.9. The van der Waals surface area contributed by atoms with Gasteiger partial charge >= 0.3 is 0 Å². The molecule has 0 spiro atoms. The number of hydrogen-bond donors (Lipinski definition) is 2. The number of piperazine rings is 1. The number of amides is 1. The number of benzene rings is 2. The highest BCUT2D eigenvalue weighted by atomic mass is 19.1. The van der Waals surface area contributed by atoms with Crippen LogP contribution in [0.4, 0.5) is 10.1 Å². The van der Waals surface area contributed by atoms with Gasteiger partial charge in [-0.05, 0) is 43.2 Å². The van der Waals surface area contributed by atoms with Crippen LogP contribution in [0.15, 0.2) is 54.6 Å². The molecular formula is C23H31FN3O+. The van der Waals surface area contributed by atoms with Crippen molar-refractivity contribution in [3.05, 3.63) is 66.0 Å². The summed E-state index contributed by atoms with van der Waals surface area (Å²) in [5.41, 5.74) is 2.21. The molecule has 5 heteroatoms. The minimum atomic E-state index is -0.210. The van der Waals surface area contributed by atoms with Crippen LogP contribution in [0.2, 0.25) is 0 Å². The summed E-state index contributed by atoms with van der Waals surface area (Å²) >= 11 is 0. The third-order valence-electron chi connectivity index (χ3n) is 5.70. The molecule has 2 N–H and O–H groups in total. The lowest BCUT2D eigenvalue weighted by atomic mass is 10.0. The average Bonchev–Trinajstić information content (AvgIpc) is 2.74. The second kappa shape index (κ2) is 9.69. The molecule has 1 fully saturated rings. The smallest absolute Gasteiger partial charge is 0.278 e. The van der Waals surface area contributed by atoms with Crippen molar-refractivity contribution in [1.29, 1.82) is 0 Å². The van der Waals surface area contributed by atoms with Gasteiger partial charge in [-0.3, -0.25) is 4.79 Å². The molecule has 0 aliphatic carbocycles. The van der Waals surface area contributed by atoms with Crippen LogP contribution in [0, 0.1) is 5.82 Å². The molecule has 1 saturated heterocycles. The van der Waals surface area contributed by atoms with E-state index in [0.717, 1.165) is 44.7 Å². The van der Waals surface area contributed by atoms with Gasteiger partial charge in [0.1, 0.15) is 5.82 Å². The summed E-state index contributed by atoms with van der Waals surface area (Å²) < 4.78 is 13.1. The summed E-state index contributed by atoms with van der Waals surface area (Å²) in [6.45, 7) is 7.70. The molecule has 0 saturated carbocycles. The standard InChI is InChI=1S/C23H30FN3O/c1-3-7-22(19-8-5-4-6-9-19)25-23(28)18(2)26-14-16-27(17-15-26)21-12-10-20(24)11-13-21/h4-6,8-13,18,22H,3,7,14-17H2,1-2H3,(H,25,28)/p+1/t18-,22+/m1/s1. The number of hydrogen-bond acceptors (Lipinski definition) is 2. The van der Waals surface area contributed by atoms with Crippen molar-refractivity contribution < 1.29 is 14.1 Å². The van der Waals surface area contributed by atoms with E-state index >= 15 is 0 Å². The lowest BCUT2D eigenvalue weighted by Gasteiger charge is -2.36. The first-order chi connectivity index (χ1) is 13.6. The molecule has 1 heterocycles. The van der Waals surface area contributed by atoms with Gasteiger partial charge in [0, 0.05) is 5.69 Å². The molecule has 2 aromatic rings. The molecule has 0 unspecified atom stereocenters. The highest BCUT2D eigenvalue weighted by Crippen LogP contribution is 2.18. The van der Waals surface area contributed by atoms with E-state index in [1.54, 1.807) is 0 Å². The second-order valence-electron chi connectivity index (χ2n) is 7.60. The molecule has 3 rings (SSSR count). The Labute approximate surface area is 167 Å². The van der Waals surface area contributed by atoms with Crippen LogP contribution in [0.25, 0.3) is 0 Å². The fraction of sp³-hybridized carbons (Fsp3) is 0.435. The quantitative estimate of drug-likeness (QED) is 0.770. The van der Waals surface area contributed by atoms with Gasteiger partial charge in [0.25, 0.3) is 5.91 Å².